The fourth-order valence-electron chi connectivity index (χ4n) is 2.60. The van der Waals surface area contributed by atoms with Crippen LogP contribution in [0, 0.1) is 11.6 Å². The molecule has 1 unspecified atom stereocenters. The highest BCUT2D eigenvalue weighted by Crippen LogP contribution is 2.31. The summed E-state index contributed by atoms with van der Waals surface area (Å²) in [6.07, 6.45) is 0.663. The second-order valence-corrected chi connectivity index (χ2v) is 8.05. The van der Waals surface area contributed by atoms with Gasteiger partial charge in [-0.15, -0.1) is 0 Å². The smallest absolute Gasteiger partial charge is 0.260 e. The van der Waals surface area contributed by atoms with E-state index in [0.717, 1.165) is 22.5 Å². The van der Waals surface area contributed by atoms with Gasteiger partial charge in [-0.1, -0.05) is 16.7 Å². The fourth-order valence-corrected chi connectivity index (χ4v) is 4.41. The molecule has 10 heteroatoms. The number of nitrogens with zero attached hydrogens (tertiary/aromatic N) is 4. The highest BCUT2D eigenvalue weighted by Gasteiger charge is 2.31. The van der Waals surface area contributed by atoms with Crippen molar-refractivity contribution in [3.05, 3.63) is 69.6 Å². The van der Waals surface area contributed by atoms with Crippen LogP contribution in [0.1, 0.15) is 19.8 Å². The molecule has 0 spiro atoms. The molecule has 0 aliphatic heterocycles. The molecule has 0 aromatic heterocycles. The molecule has 0 saturated carbocycles. The first-order valence-corrected chi connectivity index (χ1v) is 9.85. The van der Waals surface area contributed by atoms with Gasteiger partial charge in [0.1, 0.15) is 11.6 Å². The Balaban J connectivity index is 2.49. The van der Waals surface area contributed by atoms with E-state index >= 15 is 0 Å². The van der Waals surface area contributed by atoms with E-state index in [0.29, 0.717) is 11.4 Å². The van der Waals surface area contributed by atoms with Gasteiger partial charge in [0.2, 0.25) is 0 Å². The standard InChI is InChI=1S/C17H17ClF2N4O2S/c1-12(3-2-10-22-23-21)24(17-11-14(19)6-9-16(17)20)27(25,26)15-7-4-13(18)5-8-15/h4-9,11-12H,2-3,10H2,1H3. The average molecular weight is 415 g/mol. The molecule has 2 aromatic rings. The minimum Gasteiger partial charge on any atom is -0.260 e. The number of anilines is 1. The van der Waals surface area contributed by atoms with Crippen molar-refractivity contribution in [2.24, 2.45) is 5.11 Å². The van der Waals surface area contributed by atoms with Gasteiger partial charge in [-0.2, -0.15) is 0 Å². The number of rotatable bonds is 8. The topological polar surface area (TPSA) is 86.1 Å². The van der Waals surface area contributed by atoms with Gasteiger partial charge < -0.3 is 0 Å². The molecule has 6 nitrogen and oxygen atoms in total. The number of hydrogen-bond acceptors (Lipinski definition) is 3. The highest BCUT2D eigenvalue weighted by molar-refractivity contribution is 7.92. The van der Waals surface area contributed by atoms with Crippen LogP contribution in [0.5, 0.6) is 0 Å². The Kier molecular flexibility index (Phi) is 7.01. The molecule has 0 aliphatic carbocycles. The van der Waals surface area contributed by atoms with Crippen molar-refractivity contribution in [3.8, 4) is 0 Å². The van der Waals surface area contributed by atoms with E-state index in [1.54, 1.807) is 6.92 Å². The third-order valence-electron chi connectivity index (χ3n) is 3.86. The van der Waals surface area contributed by atoms with Gasteiger partial charge in [0, 0.05) is 28.6 Å². The van der Waals surface area contributed by atoms with Gasteiger partial charge in [0.25, 0.3) is 10.0 Å². The van der Waals surface area contributed by atoms with Gasteiger partial charge in [-0.3, -0.25) is 4.31 Å². The third-order valence-corrected chi connectivity index (χ3v) is 6.05. The molecule has 0 radical (unpaired) electrons. The quantitative estimate of drug-likeness (QED) is 0.254. The van der Waals surface area contributed by atoms with E-state index in [9.17, 15) is 17.2 Å². The lowest BCUT2D eigenvalue weighted by atomic mass is 10.1. The molecular weight excluding hydrogens is 398 g/mol. The molecule has 0 amide bonds. The molecule has 27 heavy (non-hydrogen) atoms. The van der Waals surface area contributed by atoms with Crippen LogP contribution < -0.4 is 4.31 Å². The Morgan fingerprint density at radius 3 is 2.52 bits per heavy atom. The van der Waals surface area contributed by atoms with Crippen LogP contribution in [0.15, 0.2) is 52.5 Å². The Hall–Kier alpha value is -2.35. The van der Waals surface area contributed by atoms with Crippen molar-refractivity contribution >= 4 is 27.3 Å². The number of benzene rings is 2. The zero-order valence-electron chi connectivity index (χ0n) is 14.4. The maximum absolute atomic E-state index is 14.4. The minimum absolute atomic E-state index is 0.0996. The van der Waals surface area contributed by atoms with E-state index in [4.69, 9.17) is 17.1 Å². The summed E-state index contributed by atoms with van der Waals surface area (Å²) in [5.41, 5.74) is 7.95. The maximum atomic E-state index is 14.4. The maximum Gasteiger partial charge on any atom is 0.264 e. The molecular formula is C17H17ClF2N4O2S. The Labute approximate surface area is 161 Å². The van der Waals surface area contributed by atoms with Crippen molar-refractivity contribution in [2.45, 2.75) is 30.7 Å². The van der Waals surface area contributed by atoms with Crippen LogP contribution >= 0.6 is 11.6 Å². The summed E-state index contributed by atoms with van der Waals surface area (Å²) < 4.78 is 55.2. The number of sulfonamides is 1. The third kappa shape index (κ3) is 5.09. The molecule has 2 rings (SSSR count). The zero-order valence-corrected chi connectivity index (χ0v) is 16.0. The predicted molar refractivity (Wildman–Crippen MR) is 100 cm³/mol. The summed E-state index contributed by atoms with van der Waals surface area (Å²) in [6, 6.07) is 7.33. The zero-order chi connectivity index (χ0) is 20.0. The summed E-state index contributed by atoms with van der Waals surface area (Å²) in [6.45, 7) is 1.75. The summed E-state index contributed by atoms with van der Waals surface area (Å²) in [5, 5.41) is 3.75. The molecule has 0 saturated heterocycles. The molecule has 0 N–H and O–H groups in total. The van der Waals surface area contributed by atoms with E-state index in [2.05, 4.69) is 10.0 Å². The second kappa shape index (κ2) is 9.03. The average Bonchev–Trinajstić information content (AvgIpc) is 2.62. The van der Waals surface area contributed by atoms with Crippen LogP contribution in [-0.4, -0.2) is 21.0 Å². The SMILES string of the molecule is CC(CCCN=[N+]=[N-])N(c1cc(F)ccc1F)S(=O)(=O)c1ccc(Cl)cc1. The first-order valence-electron chi connectivity index (χ1n) is 8.03. The monoisotopic (exact) mass is 414 g/mol. The Morgan fingerprint density at radius 1 is 1.22 bits per heavy atom. The van der Waals surface area contributed by atoms with Gasteiger partial charge >= 0.3 is 0 Å². The first kappa shape index (κ1) is 21.0. The van der Waals surface area contributed by atoms with Crippen LogP contribution in [-0.2, 0) is 10.0 Å². The van der Waals surface area contributed by atoms with Gasteiger partial charge in [0.05, 0.1) is 10.6 Å². The van der Waals surface area contributed by atoms with Crippen LogP contribution in [0.25, 0.3) is 10.4 Å². The number of halogens is 3. The minimum atomic E-state index is -4.19. The van der Waals surface area contributed by atoms with Crippen LogP contribution in [0.3, 0.4) is 0 Å². The fraction of sp³-hybridized carbons (Fsp3) is 0.294. The highest BCUT2D eigenvalue weighted by atomic mass is 35.5. The van der Waals surface area contributed by atoms with Gasteiger partial charge in [-0.05, 0) is 61.7 Å². The van der Waals surface area contributed by atoms with Crippen molar-refractivity contribution < 1.29 is 17.2 Å². The summed E-state index contributed by atoms with van der Waals surface area (Å²) in [4.78, 5) is 2.54. The van der Waals surface area contributed by atoms with E-state index in [-0.39, 0.29) is 23.5 Å². The molecule has 0 bridgehead atoms. The van der Waals surface area contributed by atoms with Crippen molar-refractivity contribution in [1.82, 2.24) is 0 Å². The van der Waals surface area contributed by atoms with Crippen LogP contribution in [0.4, 0.5) is 14.5 Å². The van der Waals surface area contributed by atoms with Crippen molar-refractivity contribution in [3.63, 3.8) is 0 Å². The van der Waals surface area contributed by atoms with Crippen molar-refractivity contribution in [1.29, 1.82) is 0 Å². The van der Waals surface area contributed by atoms with Crippen molar-refractivity contribution in [2.75, 3.05) is 10.8 Å². The lowest BCUT2D eigenvalue weighted by molar-refractivity contribution is 0.552. The molecule has 0 heterocycles. The number of azide groups is 1. The Morgan fingerprint density at radius 2 is 1.89 bits per heavy atom. The summed E-state index contributed by atoms with van der Waals surface area (Å²) in [7, 11) is -4.19. The normalized spacial score (nSPS) is 12.3. The van der Waals surface area contributed by atoms with E-state index in [1.165, 1.54) is 24.3 Å². The molecule has 144 valence electrons. The lowest BCUT2D eigenvalue weighted by Gasteiger charge is -2.31. The van der Waals surface area contributed by atoms with E-state index in [1.807, 2.05) is 0 Å². The summed E-state index contributed by atoms with van der Waals surface area (Å²) >= 11 is 5.81. The molecule has 2 aromatic carbocycles. The molecule has 0 fully saturated rings. The van der Waals surface area contributed by atoms with E-state index < -0.39 is 27.7 Å². The molecule has 0 aliphatic rings. The van der Waals surface area contributed by atoms with Crippen LogP contribution in [0.2, 0.25) is 5.02 Å². The first-order chi connectivity index (χ1) is 12.8. The summed E-state index contributed by atoms with van der Waals surface area (Å²) in [5.74, 6) is -1.63. The lowest BCUT2D eigenvalue weighted by Crippen LogP contribution is -2.39. The Bertz CT molecular complexity index is 948. The second-order valence-electron chi connectivity index (χ2n) is 5.80. The largest absolute Gasteiger partial charge is 0.264 e. The predicted octanol–water partition coefficient (Wildman–Crippen LogP) is 5.29. The molecule has 1 atom stereocenters. The van der Waals surface area contributed by atoms with Gasteiger partial charge in [-0.25, -0.2) is 17.2 Å². The van der Waals surface area contributed by atoms with Gasteiger partial charge in [0.15, 0.2) is 0 Å². The number of hydrogen-bond donors (Lipinski definition) is 0.